The highest BCUT2D eigenvalue weighted by Gasteiger charge is 2.35. The average Bonchev–Trinajstić information content (AvgIpc) is 3.91. The van der Waals surface area contributed by atoms with Crippen LogP contribution >= 0.6 is 45.9 Å². The maximum absolute atomic E-state index is 12.9. The van der Waals surface area contributed by atoms with E-state index in [-0.39, 0.29) is 32.2 Å². The molecule has 0 saturated heterocycles. The Bertz CT molecular complexity index is 2410. The summed E-state index contributed by atoms with van der Waals surface area (Å²) in [4.78, 5) is 55.3. The highest BCUT2D eigenvalue weighted by Crippen LogP contribution is 2.36. The molecule has 0 aliphatic heterocycles. The van der Waals surface area contributed by atoms with Crippen molar-refractivity contribution >= 4 is 80.8 Å². The molecule has 4 N–H and O–H groups in total. The standard InChI is InChI=1S/C19H14ClF3N4OS.C12H7ClF3N3O2S.C7H9N/c1-11(24-8-12-5-3-2-4-6-12)18-26-10-15(29-18)17(28)27-16-7-13(19(21,22)23)14(20)9-25-16;1-5(20)11-18-4-8(22-11)10(21)19-9-2-6(12(14,15)16)7(13)3-17-9;8-6-7-4-2-1-3-5-7/h2-7,9-10H,8H2,1H3,(H,25,27,28);2-4H,1H3,(H,17,19,21);1-5H,6,8H2. The molecular weight excluding hydrogens is 865 g/mol. The second-order valence-corrected chi connectivity index (χ2v) is 14.6. The van der Waals surface area contributed by atoms with E-state index in [1.165, 1.54) is 18.7 Å². The molecule has 2 aromatic carbocycles. The highest BCUT2D eigenvalue weighted by atomic mass is 35.5. The number of nitrogens with zero attached hydrogens (tertiary/aromatic N) is 5. The van der Waals surface area contributed by atoms with Crippen LogP contribution in [0.25, 0.3) is 0 Å². The second kappa shape index (κ2) is 20.9. The zero-order chi connectivity index (χ0) is 43.3. The Morgan fingerprint density at radius 2 is 1.08 bits per heavy atom. The van der Waals surface area contributed by atoms with Crippen LogP contribution < -0.4 is 16.4 Å². The average molecular weight is 896 g/mol. The Kier molecular flexibility index (Phi) is 16.3. The number of anilines is 2. The summed E-state index contributed by atoms with van der Waals surface area (Å²) in [6.07, 6.45) is -5.16. The summed E-state index contributed by atoms with van der Waals surface area (Å²) in [6, 6.07) is 21.0. The number of carbonyl (C=O) groups excluding carboxylic acids is 3. The molecule has 0 unspecified atom stereocenters. The Hall–Kier alpha value is -5.60. The number of Topliss-reactive ketones (excluding diaryl/α,β-unsaturated/α-hetero) is 1. The van der Waals surface area contributed by atoms with Crippen molar-refractivity contribution in [1.29, 1.82) is 0 Å². The van der Waals surface area contributed by atoms with Crippen molar-refractivity contribution in [1.82, 2.24) is 19.9 Å². The Morgan fingerprint density at radius 1 is 0.661 bits per heavy atom. The van der Waals surface area contributed by atoms with E-state index in [1.807, 2.05) is 60.7 Å². The zero-order valence-corrected chi connectivity index (χ0v) is 33.7. The van der Waals surface area contributed by atoms with Crippen molar-refractivity contribution < 1.29 is 40.7 Å². The maximum atomic E-state index is 12.9. The lowest BCUT2D eigenvalue weighted by atomic mass is 10.2. The molecule has 11 nitrogen and oxygen atoms in total. The molecule has 0 saturated carbocycles. The first kappa shape index (κ1) is 46.1. The number of aromatic nitrogens is 4. The molecule has 6 aromatic rings. The van der Waals surface area contributed by atoms with Gasteiger partial charge in [0.1, 0.15) is 26.4 Å². The molecular formula is C38H30Cl2F6N8O3S2. The van der Waals surface area contributed by atoms with Crippen LogP contribution in [-0.4, -0.2) is 43.2 Å². The monoisotopic (exact) mass is 894 g/mol. The van der Waals surface area contributed by atoms with Crippen molar-refractivity contribution in [2.45, 2.75) is 39.3 Å². The summed E-state index contributed by atoms with van der Waals surface area (Å²) in [7, 11) is 0. The predicted molar refractivity (Wildman–Crippen MR) is 215 cm³/mol. The molecule has 0 radical (unpaired) electrons. The van der Waals surface area contributed by atoms with E-state index in [0.717, 1.165) is 46.8 Å². The summed E-state index contributed by atoms with van der Waals surface area (Å²) in [5.41, 5.74) is 6.05. The molecule has 308 valence electrons. The Balaban J connectivity index is 0.000000225. The molecule has 2 amide bonds. The van der Waals surface area contributed by atoms with Crippen LogP contribution in [0.5, 0.6) is 0 Å². The summed E-state index contributed by atoms with van der Waals surface area (Å²) in [5.74, 6) is -2.20. The molecule has 4 heterocycles. The van der Waals surface area contributed by atoms with Gasteiger partial charge in [0, 0.05) is 25.9 Å². The molecule has 0 bridgehead atoms. The molecule has 0 aliphatic carbocycles. The lowest BCUT2D eigenvalue weighted by molar-refractivity contribution is -0.138. The topological polar surface area (TPSA) is 165 Å². The van der Waals surface area contributed by atoms with Crippen LogP contribution in [0.1, 0.15) is 70.3 Å². The van der Waals surface area contributed by atoms with Crippen LogP contribution in [0.2, 0.25) is 10.0 Å². The number of aliphatic imine (C=N–C) groups is 1. The number of nitrogens with one attached hydrogen (secondary N) is 2. The summed E-state index contributed by atoms with van der Waals surface area (Å²) in [5, 5.41) is 4.10. The van der Waals surface area contributed by atoms with Gasteiger partial charge in [0.25, 0.3) is 11.8 Å². The first-order valence-corrected chi connectivity index (χ1v) is 19.0. The number of thiazole rings is 2. The van der Waals surface area contributed by atoms with Gasteiger partial charge in [-0.1, -0.05) is 83.9 Å². The third kappa shape index (κ3) is 14.0. The smallest absolute Gasteiger partial charge is 0.326 e. The van der Waals surface area contributed by atoms with E-state index >= 15 is 0 Å². The van der Waals surface area contributed by atoms with Gasteiger partial charge in [0.05, 0.1) is 45.8 Å². The molecule has 59 heavy (non-hydrogen) atoms. The quantitative estimate of drug-likeness (QED) is 0.0733. The van der Waals surface area contributed by atoms with Crippen molar-refractivity contribution in [3.63, 3.8) is 0 Å². The van der Waals surface area contributed by atoms with Crippen molar-refractivity contribution in [3.05, 3.63) is 150 Å². The number of rotatable bonds is 9. The van der Waals surface area contributed by atoms with Gasteiger partial charge in [-0.15, -0.1) is 22.7 Å². The highest BCUT2D eigenvalue weighted by molar-refractivity contribution is 7.16. The van der Waals surface area contributed by atoms with Gasteiger partial charge in [0.15, 0.2) is 10.8 Å². The van der Waals surface area contributed by atoms with Gasteiger partial charge < -0.3 is 16.4 Å². The summed E-state index contributed by atoms with van der Waals surface area (Å²) >= 11 is 12.9. The fraction of sp³-hybridized carbons (Fsp3) is 0.158. The Morgan fingerprint density at radius 3 is 1.47 bits per heavy atom. The van der Waals surface area contributed by atoms with Crippen LogP contribution in [-0.2, 0) is 25.4 Å². The molecule has 0 atom stereocenters. The van der Waals surface area contributed by atoms with Crippen molar-refractivity contribution in [2.24, 2.45) is 10.7 Å². The maximum Gasteiger partial charge on any atom is 0.418 e. The first-order chi connectivity index (χ1) is 27.8. The van der Waals surface area contributed by atoms with Gasteiger partial charge >= 0.3 is 12.4 Å². The van der Waals surface area contributed by atoms with Gasteiger partial charge in [-0.2, -0.15) is 26.3 Å². The number of halogens is 8. The number of benzene rings is 2. The molecule has 21 heteroatoms. The number of hydrogen-bond donors (Lipinski definition) is 3. The molecule has 0 fully saturated rings. The lowest BCUT2D eigenvalue weighted by Crippen LogP contribution is -2.13. The van der Waals surface area contributed by atoms with Crippen LogP contribution in [0.3, 0.4) is 0 Å². The van der Waals surface area contributed by atoms with Crippen LogP contribution in [0.15, 0.2) is 103 Å². The van der Waals surface area contributed by atoms with E-state index in [9.17, 15) is 40.7 Å². The normalized spacial score (nSPS) is 11.4. The lowest BCUT2D eigenvalue weighted by Gasteiger charge is -2.10. The van der Waals surface area contributed by atoms with Gasteiger partial charge in [-0.25, -0.2) is 19.9 Å². The van der Waals surface area contributed by atoms with Gasteiger partial charge in [0.2, 0.25) is 0 Å². The van der Waals surface area contributed by atoms with Crippen molar-refractivity contribution in [2.75, 3.05) is 10.6 Å². The van der Waals surface area contributed by atoms with E-state index < -0.39 is 45.3 Å². The third-order valence-corrected chi connectivity index (χ3v) is 10.1. The summed E-state index contributed by atoms with van der Waals surface area (Å²) in [6.45, 7) is 4.18. The fourth-order valence-corrected chi connectivity index (χ4v) is 6.27. The molecule has 0 aliphatic rings. The number of carbonyl (C=O) groups is 3. The number of amides is 2. The number of hydrogen-bond acceptors (Lipinski definition) is 11. The van der Waals surface area contributed by atoms with E-state index in [2.05, 4.69) is 35.6 Å². The van der Waals surface area contributed by atoms with Crippen LogP contribution in [0.4, 0.5) is 38.0 Å². The number of pyridine rings is 2. The largest absolute Gasteiger partial charge is 0.418 e. The molecule has 4 aromatic heterocycles. The van der Waals surface area contributed by atoms with Gasteiger partial charge in [-0.05, 0) is 30.2 Å². The van der Waals surface area contributed by atoms with Crippen LogP contribution in [0, 0.1) is 0 Å². The zero-order valence-electron chi connectivity index (χ0n) is 30.5. The summed E-state index contributed by atoms with van der Waals surface area (Å²) < 4.78 is 76.9. The first-order valence-electron chi connectivity index (χ1n) is 16.7. The molecule has 0 spiro atoms. The van der Waals surface area contributed by atoms with E-state index in [4.69, 9.17) is 28.9 Å². The van der Waals surface area contributed by atoms with Gasteiger partial charge in [-0.3, -0.25) is 19.4 Å². The fourth-order valence-electron chi connectivity index (χ4n) is 4.37. The minimum absolute atomic E-state index is 0.0792. The minimum atomic E-state index is -4.66. The number of alkyl halides is 6. The number of ketones is 1. The van der Waals surface area contributed by atoms with E-state index in [1.54, 1.807) is 6.92 Å². The third-order valence-electron chi connectivity index (χ3n) is 7.29. The minimum Gasteiger partial charge on any atom is -0.326 e. The molecule has 6 rings (SSSR count). The van der Waals surface area contributed by atoms with E-state index in [0.29, 0.717) is 35.9 Å². The SMILES string of the molecule is CC(=NCc1ccccc1)c1ncc(C(=O)Nc2cc(C(F)(F)F)c(Cl)cn2)s1.CC(=O)c1ncc(C(=O)Nc2cc(C(F)(F)F)c(Cl)cn2)s1.NCc1ccccc1. The second-order valence-electron chi connectivity index (χ2n) is 11.7. The van der Waals surface area contributed by atoms with Crippen molar-refractivity contribution in [3.8, 4) is 0 Å². The number of nitrogens with two attached hydrogens (primary N) is 1. The Labute approximate surface area is 350 Å². The predicted octanol–water partition coefficient (Wildman–Crippen LogP) is 10.3.